The van der Waals surface area contributed by atoms with Crippen LogP contribution in [0, 0.1) is 0 Å². The third kappa shape index (κ3) is 6.18. The van der Waals surface area contributed by atoms with E-state index >= 15 is 0 Å². The van der Waals surface area contributed by atoms with Crippen LogP contribution < -0.4 is 0 Å². The Kier molecular flexibility index (Phi) is 8.33. The van der Waals surface area contributed by atoms with Crippen molar-refractivity contribution >= 4 is 46.0 Å². The van der Waals surface area contributed by atoms with Crippen LogP contribution in [0.3, 0.4) is 0 Å². The summed E-state index contributed by atoms with van der Waals surface area (Å²) in [7, 11) is 0. The van der Waals surface area contributed by atoms with Crippen molar-refractivity contribution in [1.29, 1.82) is 0 Å². The van der Waals surface area contributed by atoms with Gasteiger partial charge in [-0.1, -0.05) is 157 Å². The molecule has 0 fully saturated rings. The van der Waals surface area contributed by atoms with Gasteiger partial charge in [-0.05, 0) is 64.7 Å². The van der Waals surface area contributed by atoms with Crippen molar-refractivity contribution in [3.05, 3.63) is 205 Å². The first-order valence-electron chi connectivity index (χ1n) is 19.7. The third-order valence-corrected chi connectivity index (χ3v) is 10.9. The van der Waals surface area contributed by atoms with Gasteiger partial charge in [0.05, 0.1) is 34.7 Å². The predicted octanol–water partition coefficient (Wildman–Crippen LogP) is 12.5. The Morgan fingerprint density at radius 3 is 1.22 bits per heavy atom. The van der Waals surface area contributed by atoms with E-state index in [0.717, 1.165) is 106 Å². The molecule has 0 spiro atoms. The van der Waals surface area contributed by atoms with E-state index in [1.165, 1.54) is 0 Å². The lowest BCUT2D eigenvalue weighted by Gasteiger charge is -2.09. The van der Waals surface area contributed by atoms with Crippen molar-refractivity contribution in [3.8, 4) is 55.8 Å². The van der Waals surface area contributed by atoms with Gasteiger partial charge in [0, 0.05) is 49.9 Å². The maximum absolute atomic E-state index is 5.62. The average Bonchev–Trinajstić information content (AvgIpc) is 4.16. The van der Waals surface area contributed by atoms with E-state index in [0.29, 0.717) is 0 Å². The number of benzene rings is 5. The zero-order valence-electron chi connectivity index (χ0n) is 31.8. The highest BCUT2D eigenvalue weighted by molar-refractivity contribution is 6.02. The SMILES string of the molecule is C1=Cc2nc1c(-c1ccccc1)c1ccc([nH]1)c(-c1ccccc1)c1nc(c(-c3ccccc3)c3ccc([nH]3)c2-c2ccccc2)C(n2cc(-c3ccccc3)nn2)=C1. The number of aromatic nitrogens is 7. The Hall–Kier alpha value is -8.16. The smallest absolute Gasteiger partial charge is 0.113 e. The number of fused-ring (bicyclic) bond motifs is 8. The van der Waals surface area contributed by atoms with Gasteiger partial charge >= 0.3 is 0 Å². The fraction of sp³-hybridized carbons (Fsp3) is 0. The molecule has 6 heterocycles. The Labute approximate surface area is 340 Å². The molecule has 0 radical (unpaired) electrons. The van der Waals surface area contributed by atoms with Crippen LogP contribution in [0.1, 0.15) is 22.8 Å². The van der Waals surface area contributed by atoms with E-state index < -0.39 is 0 Å². The quantitative estimate of drug-likeness (QED) is 0.177. The number of rotatable bonds is 6. The van der Waals surface area contributed by atoms with E-state index in [2.05, 4.69) is 167 Å². The van der Waals surface area contributed by atoms with Gasteiger partial charge in [-0.15, -0.1) is 5.10 Å². The van der Waals surface area contributed by atoms with Crippen LogP contribution in [0.25, 0.3) is 102 Å². The largest absolute Gasteiger partial charge is 0.354 e. The minimum absolute atomic E-state index is 0.767. The summed E-state index contributed by atoms with van der Waals surface area (Å²) in [6.45, 7) is 0. The fourth-order valence-corrected chi connectivity index (χ4v) is 8.19. The minimum Gasteiger partial charge on any atom is -0.354 e. The first kappa shape index (κ1) is 34.1. The van der Waals surface area contributed by atoms with Gasteiger partial charge in [0.2, 0.25) is 0 Å². The Bertz CT molecular complexity index is 3230. The molecule has 278 valence electrons. The molecule has 2 aliphatic rings. The lowest BCUT2D eigenvalue weighted by Crippen LogP contribution is -2.00. The summed E-state index contributed by atoms with van der Waals surface area (Å²) in [4.78, 5) is 18.7. The topological polar surface area (TPSA) is 88.1 Å². The summed E-state index contributed by atoms with van der Waals surface area (Å²) in [5.74, 6) is 0. The van der Waals surface area contributed by atoms with Crippen molar-refractivity contribution in [2.24, 2.45) is 0 Å². The van der Waals surface area contributed by atoms with Crippen molar-refractivity contribution in [2.45, 2.75) is 0 Å². The second-order valence-electron chi connectivity index (χ2n) is 14.5. The van der Waals surface area contributed by atoms with Crippen LogP contribution in [0.5, 0.6) is 0 Å². The molecule has 0 amide bonds. The number of hydrogen-bond acceptors (Lipinski definition) is 4. The third-order valence-electron chi connectivity index (χ3n) is 10.9. The molecule has 59 heavy (non-hydrogen) atoms. The Balaban J connectivity index is 1.32. The van der Waals surface area contributed by atoms with Gasteiger partial charge in [0.15, 0.2) is 0 Å². The monoisotopic (exact) mass is 757 g/mol. The highest BCUT2D eigenvalue weighted by Gasteiger charge is 2.24. The number of hydrogen-bond donors (Lipinski definition) is 2. The highest BCUT2D eigenvalue weighted by atomic mass is 15.4. The van der Waals surface area contributed by atoms with E-state index in [1.807, 2.05) is 53.3 Å². The van der Waals surface area contributed by atoms with Gasteiger partial charge in [0.1, 0.15) is 5.69 Å². The molecule has 0 saturated heterocycles. The van der Waals surface area contributed by atoms with Crippen LogP contribution in [-0.2, 0) is 0 Å². The zero-order valence-corrected chi connectivity index (χ0v) is 31.8. The summed E-state index contributed by atoms with van der Waals surface area (Å²) < 4.78 is 1.86. The summed E-state index contributed by atoms with van der Waals surface area (Å²) in [5, 5.41) is 9.40. The number of nitrogens with zero attached hydrogens (tertiary/aromatic N) is 5. The molecular formula is C52H35N7. The fourth-order valence-electron chi connectivity index (χ4n) is 8.19. The van der Waals surface area contributed by atoms with Crippen LogP contribution in [0.2, 0.25) is 0 Å². The van der Waals surface area contributed by atoms with Crippen molar-refractivity contribution in [2.75, 3.05) is 0 Å². The maximum Gasteiger partial charge on any atom is 0.113 e. The summed E-state index contributed by atoms with van der Waals surface area (Å²) in [6, 6.07) is 60.6. The van der Waals surface area contributed by atoms with Crippen LogP contribution in [-0.4, -0.2) is 34.9 Å². The van der Waals surface area contributed by atoms with Crippen LogP contribution in [0.15, 0.2) is 182 Å². The van der Waals surface area contributed by atoms with Crippen molar-refractivity contribution in [1.82, 2.24) is 34.9 Å². The van der Waals surface area contributed by atoms with Gasteiger partial charge in [-0.25, -0.2) is 14.6 Å². The molecule has 4 aromatic heterocycles. The molecule has 0 atom stereocenters. The van der Waals surface area contributed by atoms with E-state index in [4.69, 9.17) is 15.2 Å². The Morgan fingerprint density at radius 2 is 0.763 bits per heavy atom. The molecule has 0 aliphatic carbocycles. The molecule has 7 heteroatoms. The molecule has 7 nitrogen and oxygen atoms in total. The average molecular weight is 758 g/mol. The lowest BCUT2D eigenvalue weighted by atomic mass is 10.0. The number of aromatic amines is 2. The molecule has 0 unspecified atom stereocenters. The molecule has 0 saturated carbocycles. The normalized spacial score (nSPS) is 12.1. The van der Waals surface area contributed by atoms with E-state index in [-0.39, 0.29) is 0 Å². The molecule has 2 aliphatic heterocycles. The van der Waals surface area contributed by atoms with Gasteiger partial charge in [-0.2, -0.15) is 0 Å². The molecule has 8 bridgehead atoms. The van der Waals surface area contributed by atoms with Gasteiger partial charge in [0.25, 0.3) is 0 Å². The summed E-state index contributed by atoms with van der Waals surface area (Å²) >= 11 is 0. The van der Waals surface area contributed by atoms with E-state index in [9.17, 15) is 0 Å². The van der Waals surface area contributed by atoms with E-state index in [1.54, 1.807) is 0 Å². The second kappa shape index (κ2) is 14.4. The standard InChI is InChI=1S/C52H35N7/c1-6-16-34(17-7-1)46-33-59(58-57-46)47-32-45-50(37-22-12-4-13-23-37)43-29-28-41(54-43)48(35-18-8-2-9-19-35)39-26-27-40(53-39)49(36-20-10-3-11-21-36)42-30-31-44(55-42)51(52(47)56-45)38-24-14-5-15-25-38/h1-33,54-55H. The Morgan fingerprint density at radius 1 is 0.373 bits per heavy atom. The van der Waals surface area contributed by atoms with Gasteiger partial charge in [-0.3, -0.25) is 0 Å². The summed E-state index contributed by atoms with van der Waals surface area (Å²) in [5.41, 5.74) is 17.7. The zero-order chi connectivity index (χ0) is 39.1. The molecular weight excluding hydrogens is 723 g/mol. The molecule has 2 N–H and O–H groups in total. The second-order valence-corrected chi connectivity index (χ2v) is 14.5. The maximum atomic E-state index is 5.62. The first-order valence-corrected chi connectivity index (χ1v) is 19.7. The summed E-state index contributed by atoms with van der Waals surface area (Å²) in [6.07, 6.45) is 8.39. The molecule has 9 aromatic rings. The predicted molar refractivity (Wildman–Crippen MR) is 240 cm³/mol. The number of nitrogens with one attached hydrogen (secondary N) is 2. The highest BCUT2D eigenvalue weighted by Crippen LogP contribution is 2.40. The van der Waals surface area contributed by atoms with Gasteiger partial charge < -0.3 is 9.97 Å². The molecule has 11 rings (SSSR count). The first-order chi connectivity index (χ1) is 29.2. The van der Waals surface area contributed by atoms with Crippen molar-refractivity contribution < 1.29 is 0 Å². The lowest BCUT2D eigenvalue weighted by molar-refractivity contribution is 0.823. The van der Waals surface area contributed by atoms with Crippen LogP contribution in [0.4, 0.5) is 0 Å². The van der Waals surface area contributed by atoms with Crippen molar-refractivity contribution in [3.63, 3.8) is 0 Å². The number of H-pyrrole nitrogens is 2. The minimum atomic E-state index is 0.767. The molecule has 5 aromatic carbocycles. The van der Waals surface area contributed by atoms with Crippen LogP contribution >= 0.6 is 0 Å².